The number of nitrogens with zero attached hydrogens (tertiary/aromatic N) is 3. The van der Waals surface area contributed by atoms with E-state index in [1.165, 1.54) is 5.56 Å². The number of rotatable bonds is 6. The molecule has 2 aromatic rings. The highest BCUT2D eigenvalue weighted by atomic mass is 15.1. The van der Waals surface area contributed by atoms with Crippen LogP contribution in [0.5, 0.6) is 0 Å². The molecule has 0 amide bonds. The van der Waals surface area contributed by atoms with E-state index in [9.17, 15) is 0 Å². The molecule has 2 heterocycles. The Hall–Kier alpha value is -1.46. The molecule has 0 radical (unpaired) electrons. The summed E-state index contributed by atoms with van der Waals surface area (Å²) in [6, 6.07) is 2.06. The van der Waals surface area contributed by atoms with E-state index < -0.39 is 0 Å². The Morgan fingerprint density at radius 3 is 3.06 bits per heavy atom. The van der Waals surface area contributed by atoms with Crippen molar-refractivity contribution in [3.63, 3.8) is 0 Å². The van der Waals surface area contributed by atoms with Crippen LogP contribution in [0.4, 0.5) is 0 Å². The molecule has 0 saturated heterocycles. The quantitative estimate of drug-likeness (QED) is 0.756. The second kappa shape index (κ2) is 5.93. The minimum Gasteiger partial charge on any atom is -0.341 e. The number of aromatic amines is 1. The van der Waals surface area contributed by atoms with Gasteiger partial charge in [-0.15, -0.1) is 0 Å². The molecule has 0 saturated carbocycles. The summed E-state index contributed by atoms with van der Waals surface area (Å²) in [5, 5.41) is 3.33. The normalized spacial score (nSPS) is 11.6. The van der Waals surface area contributed by atoms with Gasteiger partial charge in [0.2, 0.25) is 0 Å². The van der Waals surface area contributed by atoms with Crippen molar-refractivity contribution in [3.05, 3.63) is 23.7 Å². The summed E-state index contributed by atoms with van der Waals surface area (Å²) in [4.78, 5) is 14.2. The maximum atomic E-state index is 4.36. The van der Waals surface area contributed by atoms with Crippen molar-refractivity contribution in [3.8, 4) is 0 Å². The lowest BCUT2D eigenvalue weighted by Crippen LogP contribution is -2.28. The summed E-state index contributed by atoms with van der Waals surface area (Å²) in [7, 11) is 2.13. The molecule has 2 aromatic heterocycles. The number of hydrogen-bond donors (Lipinski definition) is 2. The highest BCUT2D eigenvalue weighted by Crippen LogP contribution is 2.15. The monoisotopic (exact) mass is 247 g/mol. The van der Waals surface area contributed by atoms with Gasteiger partial charge in [0.25, 0.3) is 0 Å². The maximum absolute atomic E-state index is 4.36. The molecule has 0 fully saturated rings. The summed E-state index contributed by atoms with van der Waals surface area (Å²) in [6.07, 6.45) is 1.83. The third-order valence-electron chi connectivity index (χ3n) is 2.96. The van der Waals surface area contributed by atoms with Gasteiger partial charge in [0.15, 0.2) is 5.65 Å². The Balaban J connectivity index is 2.06. The van der Waals surface area contributed by atoms with Crippen LogP contribution in [-0.4, -0.2) is 46.5 Å². The van der Waals surface area contributed by atoms with Crippen LogP contribution in [0.2, 0.25) is 0 Å². The molecule has 0 spiro atoms. The molecular weight excluding hydrogens is 226 g/mol. The van der Waals surface area contributed by atoms with Gasteiger partial charge in [-0.3, -0.25) is 0 Å². The van der Waals surface area contributed by atoms with E-state index >= 15 is 0 Å². The van der Waals surface area contributed by atoms with Gasteiger partial charge in [0, 0.05) is 25.8 Å². The first-order chi connectivity index (χ1) is 8.70. The van der Waals surface area contributed by atoms with Crippen LogP contribution in [0, 0.1) is 6.92 Å². The number of hydrogen-bond acceptors (Lipinski definition) is 4. The number of nitrogens with one attached hydrogen (secondary N) is 2. The summed E-state index contributed by atoms with van der Waals surface area (Å²) >= 11 is 0. The number of H-pyrrole nitrogens is 1. The lowest BCUT2D eigenvalue weighted by atomic mass is 10.2. The smallest absolute Gasteiger partial charge is 0.177 e. The number of aryl methyl sites for hydroxylation is 1. The van der Waals surface area contributed by atoms with Crippen molar-refractivity contribution < 1.29 is 0 Å². The van der Waals surface area contributed by atoms with Crippen molar-refractivity contribution in [1.29, 1.82) is 0 Å². The van der Waals surface area contributed by atoms with Crippen molar-refractivity contribution in [1.82, 2.24) is 25.2 Å². The van der Waals surface area contributed by atoms with Crippen molar-refractivity contribution >= 4 is 11.2 Å². The van der Waals surface area contributed by atoms with Gasteiger partial charge >= 0.3 is 0 Å². The van der Waals surface area contributed by atoms with E-state index in [1.807, 2.05) is 13.1 Å². The molecule has 0 aliphatic carbocycles. The lowest BCUT2D eigenvalue weighted by molar-refractivity contribution is 0.326. The molecule has 5 heteroatoms. The van der Waals surface area contributed by atoms with E-state index in [1.54, 1.807) is 0 Å². The molecule has 0 aliphatic rings. The number of aromatic nitrogens is 3. The van der Waals surface area contributed by atoms with Crippen LogP contribution in [0.25, 0.3) is 11.2 Å². The van der Waals surface area contributed by atoms with Crippen LogP contribution < -0.4 is 5.32 Å². The number of imidazole rings is 1. The van der Waals surface area contributed by atoms with E-state index in [0.717, 1.165) is 43.2 Å². The Kier molecular flexibility index (Phi) is 4.28. The standard InChI is InChI=1S/C13H21N5/c1-4-14-7-8-18(3)9-11-5-6-15-13-12(11)16-10(2)17-13/h5-6,14H,4,7-9H2,1-3H3,(H,15,16,17). The van der Waals surface area contributed by atoms with E-state index in [0.29, 0.717) is 0 Å². The van der Waals surface area contributed by atoms with Crippen LogP contribution >= 0.6 is 0 Å². The fraction of sp³-hybridized carbons (Fsp3) is 0.538. The van der Waals surface area contributed by atoms with Crippen LogP contribution in [-0.2, 0) is 6.54 Å². The summed E-state index contributed by atoms with van der Waals surface area (Å²) < 4.78 is 0. The highest BCUT2D eigenvalue weighted by Gasteiger charge is 2.08. The largest absolute Gasteiger partial charge is 0.341 e. The first-order valence-corrected chi connectivity index (χ1v) is 6.40. The van der Waals surface area contributed by atoms with Crippen molar-refractivity contribution in [2.75, 3.05) is 26.7 Å². The number of pyridine rings is 1. The lowest BCUT2D eigenvalue weighted by Gasteiger charge is -2.16. The van der Waals surface area contributed by atoms with Gasteiger partial charge in [0.05, 0.1) is 5.52 Å². The average Bonchev–Trinajstić information content (AvgIpc) is 2.71. The first-order valence-electron chi connectivity index (χ1n) is 6.40. The van der Waals surface area contributed by atoms with Crippen LogP contribution in [0.15, 0.2) is 12.3 Å². The minimum absolute atomic E-state index is 0.810. The van der Waals surface area contributed by atoms with Gasteiger partial charge in [-0.1, -0.05) is 6.92 Å². The fourth-order valence-corrected chi connectivity index (χ4v) is 2.03. The molecule has 0 atom stereocenters. The molecule has 0 aliphatic heterocycles. The maximum Gasteiger partial charge on any atom is 0.177 e. The Bertz CT molecular complexity index is 505. The predicted octanol–water partition coefficient (Wildman–Crippen LogP) is 1.31. The Morgan fingerprint density at radius 2 is 2.28 bits per heavy atom. The van der Waals surface area contributed by atoms with Crippen molar-refractivity contribution in [2.24, 2.45) is 0 Å². The second-order valence-corrected chi connectivity index (χ2v) is 4.58. The van der Waals surface area contributed by atoms with Gasteiger partial charge in [-0.05, 0) is 32.1 Å². The zero-order valence-electron chi connectivity index (χ0n) is 11.3. The summed E-state index contributed by atoms with van der Waals surface area (Å²) in [6.45, 7) is 8.06. The number of fused-ring (bicyclic) bond motifs is 1. The van der Waals surface area contributed by atoms with Gasteiger partial charge in [-0.25, -0.2) is 9.97 Å². The van der Waals surface area contributed by atoms with Gasteiger partial charge in [0.1, 0.15) is 5.82 Å². The van der Waals surface area contributed by atoms with Crippen LogP contribution in [0.1, 0.15) is 18.3 Å². The Labute approximate surface area is 108 Å². The summed E-state index contributed by atoms with van der Waals surface area (Å²) in [5.74, 6) is 0.917. The second-order valence-electron chi connectivity index (χ2n) is 4.58. The highest BCUT2D eigenvalue weighted by molar-refractivity contribution is 5.74. The molecule has 18 heavy (non-hydrogen) atoms. The predicted molar refractivity (Wildman–Crippen MR) is 73.5 cm³/mol. The molecule has 98 valence electrons. The number of likely N-dealkylation sites (N-methyl/N-ethyl adjacent to an activating group) is 2. The molecule has 5 nitrogen and oxygen atoms in total. The molecular formula is C13H21N5. The van der Waals surface area contributed by atoms with Gasteiger partial charge in [-0.2, -0.15) is 0 Å². The first kappa shape index (κ1) is 13.0. The minimum atomic E-state index is 0.810. The zero-order chi connectivity index (χ0) is 13.0. The average molecular weight is 247 g/mol. The SMILES string of the molecule is CCNCCN(C)Cc1ccnc2nc(C)[nH]c12. The van der Waals surface area contributed by atoms with E-state index in [-0.39, 0.29) is 0 Å². The topological polar surface area (TPSA) is 56.8 Å². The zero-order valence-corrected chi connectivity index (χ0v) is 11.3. The Morgan fingerprint density at radius 1 is 1.44 bits per heavy atom. The molecule has 0 unspecified atom stereocenters. The molecule has 0 bridgehead atoms. The van der Waals surface area contributed by atoms with E-state index in [2.05, 4.69) is 45.2 Å². The van der Waals surface area contributed by atoms with Crippen molar-refractivity contribution in [2.45, 2.75) is 20.4 Å². The van der Waals surface area contributed by atoms with Crippen LogP contribution in [0.3, 0.4) is 0 Å². The fourth-order valence-electron chi connectivity index (χ4n) is 2.03. The third kappa shape index (κ3) is 3.05. The van der Waals surface area contributed by atoms with Gasteiger partial charge < -0.3 is 15.2 Å². The molecule has 2 rings (SSSR count). The molecule has 0 aromatic carbocycles. The summed E-state index contributed by atoms with van der Waals surface area (Å²) in [5.41, 5.74) is 3.12. The molecule has 2 N–H and O–H groups in total. The van der Waals surface area contributed by atoms with E-state index in [4.69, 9.17) is 0 Å². The third-order valence-corrected chi connectivity index (χ3v) is 2.96.